The fourth-order valence-electron chi connectivity index (χ4n) is 6.21. The van der Waals surface area contributed by atoms with Crippen molar-refractivity contribution in [1.29, 1.82) is 0 Å². The molecule has 6 rings (SSSR count). The van der Waals surface area contributed by atoms with Crippen molar-refractivity contribution >= 4 is 7.82 Å². The van der Waals surface area contributed by atoms with Crippen LogP contribution in [0, 0.1) is 5.41 Å². The van der Waals surface area contributed by atoms with Crippen LogP contribution in [0.25, 0.3) is 0 Å². The zero-order valence-corrected chi connectivity index (χ0v) is 28.9. The second kappa shape index (κ2) is 17.0. The van der Waals surface area contributed by atoms with Gasteiger partial charge in [-0.15, -0.1) is 0 Å². The molecule has 5 atom stereocenters. The fourth-order valence-corrected chi connectivity index (χ4v) is 7.94. The largest absolute Gasteiger partial charge is 0.475 e. The van der Waals surface area contributed by atoms with Crippen molar-refractivity contribution in [3.05, 3.63) is 108 Å². The first-order valence-corrected chi connectivity index (χ1v) is 18.6. The third-order valence-corrected chi connectivity index (χ3v) is 10.3. The summed E-state index contributed by atoms with van der Waals surface area (Å²) in [4.78, 5) is 0. The molecule has 0 aromatic heterocycles. The highest BCUT2D eigenvalue weighted by Crippen LogP contribution is 2.57. The number of hydrogen-bond acceptors (Lipinski definition) is 9. The monoisotopic (exact) mass is 680 g/mol. The van der Waals surface area contributed by atoms with Gasteiger partial charge in [0.05, 0.1) is 45.7 Å². The molecule has 2 heterocycles. The Bertz CT molecular complexity index is 1400. The van der Waals surface area contributed by atoms with Crippen LogP contribution in [0.3, 0.4) is 0 Å². The Morgan fingerprint density at radius 2 is 1.21 bits per heavy atom. The van der Waals surface area contributed by atoms with Crippen LogP contribution in [0.4, 0.5) is 0 Å². The topological polar surface area (TPSA) is 90.9 Å². The molecule has 9 nitrogen and oxygen atoms in total. The van der Waals surface area contributed by atoms with Gasteiger partial charge in [-0.3, -0.25) is 13.6 Å². The van der Waals surface area contributed by atoms with E-state index in [1.165, 1.54) is 6.42 Å². The van der Waals surface area contributed by atoms with E-state index >= 15 is 0 Å². The third-order valence-electron chi connectivity index (χ3n) is 8.91. The summed E-state index contributed by atoms with van der Waals surface area (Å²) in [7, 11) is -4.00. The van der Waals surface area contributed by atoms with Gasteiger partial charge in [0.1, 0.15) is 24.4 Å². The maximum atomic E-state index is 14.0. The van der Waals surface area contributed by atoms with E-state index in [1.54, 1.807) is 0 Å². The number of phosphoric acid groups is 1. The molecular formula is C38H49O9P. The number of rotatable bonds is 14. The summed E-state index contributed by atoms with van der Waals surface area (Å²) < 4.78 is 65.2. The van der Waals surface area contributed by atoms with Crippen LogP contribution in [0.1, 0.15) is 62.6 Å². The number of ether oxygens (including phenoxy) is 5. The van der Waals surface area contributed by atoms with Gasteiger partial charge in [-0.25, -0.2) is 4.57 Å². The summed E-state index contributed by atoms with van der Waals surface area (Å²) in [5.74, 6) is 0. The molecular weight excluding hydrogens is 631 g/mol. The first-order valence-electron chi connectivity index (χ1n) is 17.2. The van der Waals surface area contributed by atoms with Crippen molar-refractivity contribution in [2.24, 2.45) is 5.41 Å². The molecule has 5 unspecified atom stereocenters. The first kappa shape index (κ1) is 35.4. The lowest BCUT2D eigenvalue weighted by Crippen LogP contribution is -2.62. The van der Waals surface area contributed by atoms with Gasteiger partial charge in [-0.05, 0) is 29.5 Å². The predicted molar refractivity (Wildman–Crippen MR) is 181 cm³/mol. The fraction of sp³-hybridized carbons (Fsp3) is 0.526. The SMILES string of the molecule is CC1(C)COP(=O)(OC2C(OC3CCCCC3)OC(COCc3ccccc3)C(OCc3ccccc3)C2OCc2ccccc2)OC1. The summed E-state index contributed by atoms with van der Waals surface area (Å²) in [6, 6.07) is 29.9. The number of hydrogen-bond donors (Lipinski definition) is 0. The lowest BCUT2D eigenvalue weighted by Gasteiger charge is -2.47. The van der Waals surface area contributed by atoms with E-state index in [0.717, 1.165) is 42.4 Å². The molecule has 1 saturated carbocycles. The molecule has 0 N–H and O–H groups in total. The average molecular weight is 681 g/mol. The van der Waals surface area contributed by atoms with Crippen LogP contribution in [0.15, 0.2) is 91.0 Å². The Balaban J connectivity index is 1.31. The molecule has 10 heteroatoms. The summed E-state index contributed by atoms with van der Waals surface area (Å²) >= 11 is 0. The van der Waals surface area contributed by atoms with Crippen LogP contribution < -0.4 is 0 Å². The molecule has 260 valence electrons. The Morgan fingerprint density at radius 1 is 0.688 bits per heavy atom. The van der Waals surface area contributed by atoms with Crippen LogP contribution in [0.5, 0.6) is 0 Å². The van der Waals surface area contributed by atoms with Gasteiger partial charge in [0.2, 0.25) is 0 Å². The average Bonchev–Trinajstić information content (AvgIpc) is 3.11. The summed E-state index contributed by atoms with van der Waals surface area (Å²) in [6.45, 7) is 5.64. The van der Waals surface area contributed by atoms with E-state index in [1.807, 2.05) is 105 Å². The molecule has 1 aliphatic carbocycles. The van der Waals surface area contributed by atoms with Crippen molar-refractivity contribution in [3.8, 4) is 0 Å². The van der Waals surface area contributed by atoms with E-state index in [4.69, 9.17) is 37.3 Å². The van der Waals surface area contributed by atoms with E-state index in [9.17, 15) is 4.57 Å². The molecule has 3 aromatic carbocycles. The van der Waals surface area contributed by atoms with Gasteiger partial charge in [-0.2, -0.15) is 0 Å². The minimum atomic E-state index is -4.00. The normalized spacial score (nSPS) is 27.4. The highest BCUT2D eigenvalue weighted by molar-refractivity contribution is 7.48. The molecule has 2 aliphatic heterocycles. The maximum Gasteiger partial charge on any atom is 0.475 e. The quantitative estimate of drug-likeness (QED) is 0.157. The third kappa shape index (κ3) is 10.1. The molecule has 0 amide bonds. The van der Waals surface area contributed by atoms with Gasteiger partial charge in [0.15, 0.2) is 6.29 Å². The van der Waals surface area contributed by atoms with Crippen molar-refractivity contribution in [2.45, 2.75) is 103 Å². The standard InChI is InChI=1S/C38H49O9P/c1-38(2)27-43-48(39,44-28-38)47-36-35(42-25-31-19-11-5-12-20-31)34(41-24-30-17-9-4-10-18-30)33(26-40-23-29-15-7-3-8-16-29)46-37(36)45-32-21-13-6-14-22-32/h3-5,7-12,15-20,32-37H,6,13-14,21-28H2,1-2H3. The van der Waals surface area contributed by atoms with Crippen LogP contribution in [-0.4, -0.2) is 56.6 Å². The van der Waals surface area contributed by atoms with Crippen molar-refractivity contribution in [3.63, 3.8) is 0 Å². The Morgan fingerprint density at radius 3 is 1.77 bits per heavy atom. The molecule has 3 aliphatic rings. The van der Waals surface area contributed by atoms with E-state index in [2.05, 4.69) is 0 Å². The maximum absolute atomic E-state index is 14.0. The zero-order chi connectivity index (χ0) is 33.2. The Labute approximate surface area is 284 Å². The lowest BCUT2D eigenvalue weighted by molar-refractivity contribution is -0.326. The Hall–Kier alpha value is -2.43. The molecule has 0 radical (unpaired) electrons. The molecule has 3 fully saturated rings. The highest BCUT2D eigenvalue weighted by Gasteiger charge is 2.53. The van der Waals surface area contributed by atoms with E-state index in [-0.39, 0.29) is 37.9 Å². The minimum absolute atomic E-state index is 0.0367. The molecule has 3 aromatic rings. The summed E-state index contributed by atoms with van der Waals surface area (Å²) in [5, 5.41) is 0. The predicted octanol–water partition coefficient (Wildman–Crippen LogP) is 8.01. The van der Waals surface area contributed by atoms with Crippen LogP contribution in [-0.2, 0) is 61.6 Å². The number of phosphoric ester groups is 1. The molecule has 0 bridgehead atoms. The van der Waals surface area contributed by atoms with Crippen molar-refractivity contribution in [2.75, 3.05) is 19.8 Å². The molecule has 48 heavy (non-hydrogen) atoms. The van der Waals surface area contributed by atoms with Gasteiger partial charge < -0.3 is 23.7 Å². The van der Waals surface area contributed by atoms with Gasteiger partial charge in [-0.1, -0.05) is 124 Å². The van der Waals surface area contributed by atoms with Gasteiger partial charge in [0, 0.05) is 5.41 Å². The smallest absolute Gasteiger partial charge is 0.374 e. The van der Waals surface area contributed by atoms with Gasteiger partial charge >= 0.3 is 7.82 Å². The van der Waals surface area contributed by atoms with Gasteiger partial charge in [0.25, 0.3) is 0 Å². The van der Waals surface area contributed by atoms with Crippen LogP contribution >= 0.6 is 7.82 Å². The second-order valence-corrected chi connectivity index (χ2v) is 15.3. The molecule has 2 saturated heterocycles. The Kier molecular flexibility index (Phi) is 12.5. The zero-order valence-electron chi connectivity index (χ0n) is 28.0. The van der Waals surface area contributed by atoms with Crippen LogP contribution in [0.2, 0.25) is 0 Å². The summed E-state index contributed by atoms with van der Waals surface area (Å²) in [6.07, 6.45) is 1.16. The van der Waals surface area contributed by atoms with Crippen molar-refractivity contribution in [1.82, 2.24) is 0 Å². The van der Waals surface area contributed by atoms with E-state index < -0.39 is 38.5 Å². The minimum Gasteiger partial charge on any atom is -0.374 e. The second-order valence-electron chi connectivity index (χ2n) is 13.7. The summed E-state index contributed by atoms with van der Waals surface area (Å²) in [5.41, 5.74) is 2.72. The van der Waals surface area contributed by atoms with E-state index in [0.29, 0.717) is 13.2 Å². The first-order chi connectivity index (χ1) is 23.4. The number of benzene rings is 3. The highest BCUT2D eigenvalue weighted by atomic mass is 31.2. The molecule has 0 spiro atoms. The van der Waals surface area contributed by atoms with Crippen molar-refractivity contribution < 1.29 is 41.8 Å². The lowest BCUT2D eigenvalue weighted by atomic mass is 9.96.